The number of benzene rings is 2. The largest absolute Gasteiger partial charge is 0.481 e. The van der Waals surface area contributed by atoms with Crippen molar-refractivity contribution in [2.24, 2.45) is 0 Å². The van der Waals surface area contributed by atoms with Crippen LogP contribution in [0.2, 0.25) is 0 Å². The number of hydrogen-bond acceptors (Lipinski definition) is 3. The summed E-state index contributed by atoms with van der Waals surface area (Å²) in [6, 6.07) is 12.5. The van der Waals surface area contributed by atoms with Crippen molar-refractivity contribution in [2.75, 3.05) is 13.2 Å². The van der Waals surface area contributed by atoms with Gasteiger partial charge in [-0.3, -0.25) is 0 Å². The number of ether oxygens (including phenoxy) is 1. The molecule has 0 heterocycles. The molecule has 0 spiro atoms. The van der Waals surface area contributed by atoms with E-state index in [1.807, 2.05) is 38.1 Å². The van der Waals surface area contributed by atoms with Crippen molar-refractivity contribution in [3.63, 3.8) is 0 Å². The minimum Gasteiger partial charge on any atom is -0.481 e. The highest BCUT2D eigenvalue weighted by Crippen LogP contribution is 2.17. The Morgan fingerprint density at radius 2 is 1.88 bits per heavy atom. The fraction of sp³-hybridized carbons (Fsp3) is 0.222. The lowest BCUT2D eigenvalue weighted by Gasteiger charge is -2.06. The quantitative estimate of drug-likeness (QED) is 0.772. The summed E-state index contributed by atoms with van der Waals surface area (Å²) in [6.45, 7) is 4.06. The third kappa shape index (κ3) is 5.38. The van der Waals surface area contributed by atoms with Crippen LogP contribution < -0.4 is 9.46 Å². The Bertz CT molecular complexity index is 883. The molecule has 0 aliphatic carbocycles. The summed E-state index contributed by atoms with van der Waals surface area (Å²) in [5.74, 6) is 6.23. The van der Waals surface area contributed by atoms with Gasteiger partial charge in [-0.1, -0.05) is 39.9 Å². The second kappa shape index (κ2) is 8.34. The zero-order chi connectivity index (χ0) is 17.6. The third-order valence-corrected chi connectivity index (χ3v) is 5.26. The molecule has 24 heavy (non-hydrogen) atoms. The molecule has 0 fully saturated rings. The minimum absolute atomic E-state index is 0.0388. The van der Waals surface area contributed by atoms with Gasteiger partial charge in [-0.15, -0.1) is 0 Å². The number of aryl methyl sites for hydroxylation is 2. The lowest BCUT2D eigenvalue weighted by atomic mass is 10.1. The molecule has 0 aliphatic heterocycles. The molecule has 0 atom stereocenters. The van der Waals surface area contributed by atoms with Crippen LogP contribution in [0.25, 0.3) is 0 Å². The van der Waals surface area contributed by atoms with E-state index in [4.69, 9.17) is 4.74 Å². The molecular formula is C18H18BrNO3S. The van der Waals surface area contributed by atoms with Gasteiger partial charge >= 0.3 is 0 Å². The number of halogens is 1. The van der Waals surface area contributed by atoms with Crippen LogP contribution in [-0.2, 0) is 10.0 Å². The van der Waals surface area contributed by atoms with Gasteiger partial charge in [0.1, 0.15) is 12.4 Å². The van der Waals surface area contributed by atoms with Crippen molar-refractivity contribution >= 4 is 26.0 Å². The van der Waals surface area contributed by atoms with Gasteiger partial charge in [0, 0.05) is 4.47 Å². The Hall–Kier alpha value is -1.81. The summed E-state index contributed by atoms with van der Waals surface area (Å²) >= 11 is 3.36. The number of nitrogens with one attached hydrogen (secondary N) is 1. The Kier molecular flexibility index (Phi) is 6.44. The Morgan fingerprint density at radius 1 is 1.08 bits per heavy atom. The zero-order valence-corrected chi connectivity index (χ0v) is 15.9. The molecule has 0 saturated heterocycles. The summed E-state index contributed by atoms with van der Waals surface area (Å²) < 4.78 is 33.2. The SMILES string of the molecule is Cc1ccc(S(=O)(=O)NCC#CCOc2cccc(Br)c2)cc1C. The van der Waals surface area contributed by atoms with Crippen molar-refractivity contribution in [3.05, 3.63) is 58.1 Å². The zero-order valence-electron chi connectivity index (χ0n) is 13.5. The molecule has 126 valence electrons. The maximum Gasteiger partial charge on any atom is 0.241 e. The van der Waals surface area contributed by atoms with Gasteiger partial charge in [-0.05, 0) is 55.3 Å². The molecule has 0 amide bonds. The molecular weight excluding hydrogens is 390 g/mol. The van der Waals surface area contributed by atoms with Gasteiger partial charge in [0.15, 0.2) is 0 Å². The van der Waals surface area contributed by atoms with Crippen LogP contribution in [0.3, 0.4) is 0 Å². The monoisotopic (exact) mass is 407 g/mol. The maximum atomic E-state index is 12.2. The first-order valence-electron chi connectivity index (χ1n) is 7.29. The average molecular weight is 408 g/mol. The smallest absolute Gasteiger partial charge is 0.241 e. The molecule has 2 aromatic carbocycles. The van der Waals surface area contributed by atoms with Crippen molar-refractivity contribution in [2.45, 2.75) is 18.7 Å². The molecule has 0 aromatic heterocycles. The highest BCUT2D eigenvalue weighted by molar-refractivity contribution is 9.10. The summed E-state index contributed by atoms with van der Waals surface area (Å²) in [7, 11) is -3.54. The Balaban J connectivity index is 1.86. The predicted molar refractivity (Wildman–Crippen MR) is 98.5 cm³/mol. The van der Waals surface area contributed by atoms with Crippen LogP contribution in [0.15, 0.2) is 51.8 Å². The number of rotatable bonds is 5. The van der Waals surface area contributed by atoms with Crippen molar-refractivity contribution in [1.82, 2.24) is 4.72 Å². The lowest BCUT2D eigenvalue weighted by Crippen LogP contribution is -2.24. The average Bonchev–Trinajstić information content (AvgIpc) is 2.53. The van der Waals surface area contributed by atoms with E-state index in [1.165, 1.54) is 0 Å². The topological polar surface area (TPSA) is 55.4 Å². The van der Waals surface area contributed by atoms with E-state index in [2.05, 4.69) is 32.5 Å². The Labute approximate surface area is 151 Å². The Morgan fingerprint density at radius 3 is 2.58 bits per heavy atom. The molecule has 6 heteroatoms. The molecule has 0 bridgehead atoms. The second-order valence-corrected chi connectivity index (χ2v) is 7.85. The number of sulfonamides is 1. The molecule has 2 aromatic rings. The normalized spacial score (nSPS) is 10.8. The molecule has 0 saturated carbocycles. The van der Waals surface area contributed by atoms with Gasteiger partial charge in [0.05, 0.1) is 11.4 Å². The van der Waals surface area contributed by atoms with E-state index in [-0.39, 0.29) is 18.0 Å². The van der Waals surface area contributed by atoms with Gasteiger partial charge in [-0.25, -0.2) is 8.42 Å². The van der Waals surface area contributed by atoms with E-state index < -0.39 is 10.0 Å². The fourth-order valence-electron chi connectivity index (χ4n) is 1.89. The highest BCUT2D eigenvalue weighted by Gasteiger charge is 2.13. The van der Waals surface area contributed by atoms with Crippen LogP contribution in [0.4, 0.5) is 0 Å². The van der Waals surface area contributed by atoms with E-state index >= 15 is 0 Å². The first-order chi connectivity index (χ1) is 11.4. The van der Waals surface area contributed by atoms with Crippen LogP contribution in [0, 0.1) is 25.7 Å². The molecule has 0 radical (unpaired) electrons. The van der Waals surface area contributed by atoms with E-state index in [9.17, 15) is 8.42 Å². The summed E-state index contributed by atoms with van der Waals surface area (Å²) in [4.78, 5) is 0.248. The van der Waals surface area contributed by atoms with Crippen LogP contribution in [0.1, 0.15) is 11.1 Å². The molecule has 4 nitrogen and oxygen atoms in total. The standard InChI is InChI=1S/C18H18BrNO3S/c1-14-8-9-18(12-15(14)2)24(21,22)20-10-3-4-11-23-17-7-5-6-16(19)13-17/h5-9,12-13,20H,10-11H2,1-2H3. The van der Waals surface area contributed by atoms with E-state index in [1.54, 1.807) is 18.2 Å². The molecule has 0 unspecified atom stereocenters. The molecule has 2 rings (SSSR count). The van der Waals surface area contributed by atoms with Crippen LogP contribution in [0.5, 0.6) is 5.75 Å². The lowest BCUT2D eigenvalue weighted by molar-refractivity contribution is 0.370. The predicted octanol–water partition coefficient (Wildman–Crippen LogP) is 3.43. The summed E-state index contributed by atoms with van der Waals surface area (Å²) in [6.07, 6.45) is 0. The van der Waals surface area contributed by atoms with Gasteiger partial charge in [-0.2, -0.15) is 4.72 Å². The van der Waals surface area contributed by atoms with E-state index in [0.29, 0.717) is 5.75 Å². The van der Waals surface area contributed by atoms with Crippen LogP contribution in [-0.4, -0.2) is 21.6 Å². The summed E-state index contributed by atoms with van der Waals surface area (Å²) in [5.41, 5.74) is 1.99. The first kappa shape index (κ1) is 18.5. The van der Waals surface area contributed by atoms with Gasteiger partial charge in [0.25, 0.3) is 0 Å². The fourth-order valence-corrected chi connectivity index (χ4v) is 3.27. The van der Waals surface area contributed by atoms with Gasteiger partial charge < -0.3 is 4.74 Å². The third-order valence-electron chi connectivity index (χ3n) is 3.37. The van der Waals surface area contributed by atoms with Crippen molar-refractivity contribution in [1.29, 1.82) is 0 Å². The second-order valence-electron chi connectivity index (χ2n) is 5.17. The van der Waals surface area contributed by atoms with Crippen molar-refractivity contribution in [3.8, 4) is 17.6 Å². The maximum absolute atomic E-state index is 12.2. The minimum atomic E-state index is -3.54. The number of hydrogen-bond donors (Lipinski definition) is 1. The molecule has 0 aliphatic rings. The van der Waals surface area contributed by atoms with Gasteiger partial charge in [0.2, 0.25) is 10.0 Å². The first-order valence-corrected chi connectivity index (χ1v) is 9.57. The van der Waals surface area contributed by atoms with E-state index in [0.717, 1.165) is 15.6 Å². The highest BCUT2D eigenvalue weighted by atomic mass is 79.9. The van der Waals surface area contributed by atoms with Crippen molar-refractivity contribution < 1.29 is 13.2 Å². The molecule has 1 N–H and O–H groups in total. The summed E-state index contributed by atoms with van der Waals surface area (Å²) in [5, 5.41) is 0. The van der Waals surface area contributed by atoms with Crippen LogP contribution >= 0.6 is 15.9 Å².